The molecule has 4 saturated heterocycles. The Hall–Kier alpha value is -6.19. The molecule has 10 atom stereocenters. The van der Waals surface area contributed by atoms with Crippen LogP contribution in [0.2, 0.25) is 0 Å². The van der Waals surface area contributed by atoms with E-state index in [0.717, 1.165) is 28.3 Å². The Kier molecular flexibility index (Phi) is 24.1. The Bertz CT molecular complexity index is 3280. The number of aliphatic hydroxyl groups is 2. The van der Waals surface area contributed by atoms with Crippen LogP contribution in [-0.2, 0) is 71.4 Å². The number of fused-ring (bicyclic) bond motifs is 2. The van der Waals surface area contributed by atoms with Crippen LogP contribution in [-0.4, -0.2) is 184 Å². The molecule has 0 bridgehead atoms. The molecule has 8 rings (SSSR count). The second-order valence-electron chi connectivity index (χ2n) is 22.3. The van der Waals surface area contributed by atoms with Crippen molar-refractivity contribution in [3.8, 4) is 17.2 Å². The maximum absolute atomic E-state index is 13.7. The Balaban J connectivity index is 0.000000253. The average Bonchev–Trinajstić information content (AvgIpc) is 4.09. The number of carbonyl (C=O) groups excluding carboxylic acids is 3. The van der Waals surface area contributed by atoms with Crippen molar-refractivity contribution >= 4 is 48.6 Å². The molecule has 0 radical (unpaired) electrons. The first kappa shape index (κ1) is 69.3. The molecule has 88 heavy (non-hydrogen) atoms. The van der Waals surface area contributed by atoms with Crippen molar-refractivity contribution in [2.75, 3.05) is 66.8 Å². The second-order valence-corrected chi connectivity index (χ2v) is 27.7. The summed E-state index contributed by atoms with van der Waals surface area (Å²) in [5.74, 6) is -0.0815. The third-order valence-electron chi connectivity index (χ3n) is 14.8. The van der Waals surface area contributed by atoms with Gasteiger partial charge in [0.15, 0.2) is 12.6 Å². The minimum absolute atomic E-state index is 0.0186. The summed E-state index contributed by atoms with van der Waals surface area (Å²) in [6.07, 6.45) is -4.40. The first-order valence-corrected chi connectivity index (χ1v) is 32.6. The highest BCUT2D eigenvalue weighted by Gasteiger charge is 2.49. The molecule has 4 N–H and O–H groups in total. The van der Waals surface area contributed by atoms with E-state index in [1.807, 2.05) is 13.8 Å². The van der Waals surface area contributed by atoms with Gasteiger partial charge in [-0.25, -0.2) is 26.4 Å². The lowest BCUT2D eigenvalue weighted by atomic mass is 10.00. The standard InChI is InChI=1S/C29H37F3N2O11S2.C29H38N2O9S/c1-18(2)15-34(46(37,38)22-10-8-20(41-3)9-11-22)16-25(35)24(33-28(36)44-26-17-43-27-23(26)12-13-42-27)14-19-4-6-21(7-5-19)45-47(39,40)29(30,31)32;1-19(2)15-31(41(35,36)23-10-8-22(37-3)9-11-23)16-26(33)25(14-20-4-6-21(17-32)7-5-20)30-29(34)40-27-18-39-28-24(27)12-13-38-28/h4-11,18,23-27,35H,12-17H2,1-3H3,(H,33,36);4-11,17,19,24-28,33H,12-16,18H2,1-3H3,(H,30,34)/t23-,24-,25+,26?,27+;24-,25-,26+,27?,28+/m00/s1. The molecular weight excluding hydrogens is 1230 g/mol. The zero-order valence-electron chi connectivity index (χ0n) is 49.2. The number of hydrogen-bond donors (Lipinski definition) is 4. The number of nitrogens with zero attached hydrogens (tertiary/aromatic N) is 2. The molecule has 30 heteroatoms. The normalized spacial score (nSPS) is 21.6. The molecule has 24 nitrogen and oxygen atoms in total. The lowest BCUT2D eigenvalue weighted by Gasteiger charge is -2.31. The molecule has 2 unspecified atom stereocenters. The number of sulfonamides is 2. The molecule has 4 aliphatic heterocycles. The Labute approximate surface area is 510 Å². The Morgan fingerprint density at radius 3 is 1.32 bits per heavy atom. The number of aliphatic hydroxyl groups excluding tert-OH is 2. The highest BCUT2D eigenvalue weighted by molar-refractivity contribution is 7.89. The van der Waals surface area contributed by atoms with Gasteiger partial charge >= 0.3 is 27.8 Å². The van der Waals surface area contributed by atoms with Gasteiger partial charge in [-0.15, -0.1) is 0 Å². The predicted molar refractivity (Wildman–Crippen MR) is 308 cm³/mol. The summed E-state index contributed by atoms with van der Waals surface area (Å²) < 4.78 is 165. The van der Waals surface area contributed by atoms with Crippen LogP contribution >= 0.6 is 0 Å². The van der Waals surface area contributed by atoms with Crippen LogP contribution < -0.4 is 24.3 Å². The van der Waals surface area contributed by atoms with Gasteiger partial charge in [0.05, 0.1) is 86.6 Å². The maximum atomic E-state index is 13.7. The van der Waals surface area contributed by atoms with Gasteiger partial charge in [-0.05, 0) is 109 Å². The number of aldehydes is 1. The smallest absolute Gasteiger partial charge is 0.497 e. The number of hydrogen-bond acceptors (Lipinski definition) is 20. The number of methoxy groups -OCH3 is 2. The quantitative estimate of drug-likeness (QED) is 0.0319. The van der Waals surface area contributed by atoms with E-state index in [2.05, 4.69) is 14.8 Å². The highest BCUT2D eigenvalue weighted by atomic mass is 32.2. The molecule has 4 aliphatic rings. The van der Waals surface area contributed by atoms with Gasteiger partial charge in [0.25, 0.3) is 0 Å². The fraction of sp³-hybridized carbons (Fsp3) is 0.534. The second kappa shape index (κ2) is 30.5. The van der Waals surface area contributed by atoms with Crippen LogP contribution in [0, 0.1) is 23.7 Å². The minimum atomic E-state index is -5.90. The molecule has 4 aromatic carbocycles. The Morgan fingerprint density at radius 2 is 0.966 bits per heavy atom. The lowest BCUT2D eigenvalue weighted by molar-refractivity contribution is -0.0909. The molecular formula is C58H75F3N4O20S3. The number of ether oxygens (including phenoxy) is 8. The van der Waals surface area contributed by atoms with E-state index in [1.54, 1.807) is 50.2 Å². The van der Waals surface area contributed by atoms with Crippen LogP contribution in [0.3, 0.4) is 0 Å². The van der Waals surface area contributed by atoms with Crippen molar-refractivity contribution < 1.29 is 105 Å². The number of alkyl halides is 3. The van der Waals surface area contributed by atoms with E-state index in [1.165, 1.54) is 67.1 Å². The Morgan fingerprint density at radius 1 is 0.591 bits per heavy atom. The summed E-state index contributed by atoms with van der Waals surface area (Å²) in [7, 11) is -11.1. The summed E-state index contributed by atoms with van der Waals surface area (Å²) in [6.45, 7) is 8.09. The highest BCUT2D eigenvalue weighted by Crippen LogP contribution is 2.35. The average molecular weight is 1300 g/mol. The van der Waals surface area contributed by atoms with E-state index in [4.69, 9.17) is 37.9 Å². The number of alkyl carbamates (subject to hydrolysis) is 2. The SMILES string of the molecule is COc1ccc(S(=O)(=O)N(CC(C)C)C[C@@H](O)[C@H](Cc2ccc(C=O)cc2)NC(=O)OC2CO[C@H]3OCC[C@@H]23)cc1.COc1ccc(S(=O)(=O)N(CC(C)C)C[C@@H](O)[C@H](Cc2ccc(OS(=O)(=O)C(F)(F)F)cc2)NC(=O)OC2CO[C@H]3OCC[C@@H]23)cc1. The summed E-state index contributed by atoms with van der Waals surface area (Å²) in [5, 5.41) is 28.2. The number of rotatable bonds is 27. The van der Waals surface area contributed by atoms with Crippen molar-refractivity contribution in [1.82, 2.24) is 19.2 Å². The lowest BCUT2D eigenvalue weighted by Crippen LogP contribution is -2.51. The first-order valence-electron chi connectivity index (χ1n) is 28.3. The van der Waals surface area contributed by atoms with Crippen molar-refractivity contribution in [1.29, 1.82) is 0 Å². The number of amides is 2. The summed E-state index contributed by atoms with van der Waals surface area (Å²) >= 11 is 0. The van der Waals surface area contributed by atoms with Gasteiger partial charge in [-0.3, -0.25) is 4.79 Å². The molecule has 0 saturated carbocycles. The molecule has 0 aromatic heterocycles. The summed E-state index contributed by atoms with van der Waals surface area (Å²) in [6, 6.07) is 20.9. The van der Waals surface area contributed by atoms with E-state index in [-0.39, 0.29) is 79.2 Å². The van der Waals surface area contributed by atoms with Crippen LogP contribution in [0.15, 0.2) is 107 Å². The van der Waals surface area contributed by atoms with Crippen molar-refractivity contribution in [2.24, 2.45) is 23.7 Å². The van der Waals surface area contributed by atoms with E-state index < -0.39 is 109 Å². The van der Waals surface area contributed by atoms with E-state index >= 15 is 0 Å². The fourth-order valence-electron chi connectivity index (χ4n) is 10.2. The number of benzene rings is 4. The minimum Gasteiger partial charge on any atom is -0.497 e. The van der Waals surface area contributed by atoms with Crippen LogP contribution in [0.5, 0.6) is 17.2 Å². The number of carbonyl (C=O) groups is 3. The van der Waals surface area contributed by atoms with Crippen LogP contribution in [0.4, 0.5) is 22.8 Å². The van der Waals surface area contributed by atoms with Crippen LogP contribution in [0.25, 0.3) is 0 Å². The third kappa shape index (κ3) is 18.5. The van der Waals surface area contributed by atoms with Gasteiger partial charge in [0.2, 0.25) is 20.0 Å². The molecule has 0 aliphatic carbocycles. The maximum Gasteiger partial charge on any atom is 0.534 e. The number of nitrogens with one attached hydrogen (secondary N) is 2. The zero-order chi connectivity index (χ0) is 64.1. The van der Waals surface area contributed by atoms with Gasteiger partial charge in [0, 0.05) is 31.7 Å². The largest absolute Gasteiger partial charge is 0.534 e. The van der Waals surface area contributed by atoms with Gasteiger partial charge in [-0.1, -0.05) is 64.1 Å². The monoisotopic (exact) mass is 1300 g/mol. The molecule has 4 fully saturated rings. The van der Waals surface area contributed by atoms with E-state index in [0.29, 0.717) is 48.7 Å². The summed E-state index contributed by atoms with van der Waals surface area (Å²) in [4.78, 5) is 37.2. The van der Waals surface area contributed by atoms with Gasteiger partial charge in [0.1, 0.15) is 35.7 Å². The van der Waals surface area contributed by atoms with E-state index in [9.17, 15) is 63.0 Å². The first-order chi connectivity index (χ1) is 41.6. The number of halogens is 3. The summed E-state index contributed by atoms with van der Waals surface area (Å²) in [5.41, 5.74) is -4.06. The van der Waals surface area contributed by atoms with Crippen molar-refractivity contribution in [2.45, 2.75) is 118 Å². The van der Waals surface area contributed by atoms with Crippen LogP contribution in [0.1, 0.15) is 62.0 Å². The zero-order valence-corrected chi connectivity index (χ0v) is 51.7. The van der Waals surface area contributed by atoms with Crippen molar-refractivity contribution in [3.05, 3.63) is 114 Å². The third-order valence-corrected chi connectivity index (χ3v) is 19.4. The topological polar surface area (TPSA) is 308 Å². The van der Waals surface area contributed by atoms with Gasteiger partial charge in [-0.2, -0.15) is 30.2 Å². The predicted octanol–water partition coefficient (Wildman–Crippen LogP) is 5.64. The van der Waals surface area contributed by atoms with Gasteiger partial charge < -0.3 is 62.9 Å². The molecule has 2 amide bonds. The fourth-order valence-corrected chi connectivity index (χ4v) is 13.9. The molecule has 4 heterocycles. The molecule has 486 valence electrons. The molecule has 4 aromatic rings. The van der Waals surface area contributed by atoms with Crippen molar-refractivity contribution in [3.63, 3.8) is 0 Å². The molecule has 0 spiro atoms.